The van der Waals surface area contributed by atoms with E-state index >= 15 is 0 Å². The van der Waals surface area contributed by atoms with Gasteiger partial charge in [0, 0.05) is 29.7 Å². The summed E-state index contributed by atoms with van der Waals surface area (Å²) in [5.41, 5.74) is 0. The van der Waals surface area contributed by atoms with E-state index in [1.807, 2.05) is 23.5 Å². The first-order chi connectivity index (χ1) is 9.70. The fraction of sp³-hybridized carbons (Fsp3) is 0.857. The molecule has 0 aromatic carbocycles. The maximum atomic E-state index is 5.45. The van der Waals surface area contributed by atoms with Crippen molar-refractivity contribution in [2.75, 3.05) is 23.8 Å². The lowest BCUT2D eigenvalue weighted by Gasteiger charge is -2.20. The first-order valence-corrected chi connectivity index (χ1v) is 9.66. The molecule has 2 unspecified atom stereocenters. The number of hydrogen-bond acceptors (Lipinski definition) is 6. The van der Waals surface area contributed by atoms with Gasteiger partial charge in [-0.15, -0.1) is 11.8 Å². The second-order valence-electron chi connectivity index (χ2n) is 5.49. The zero-order valence-electron chi connectivity index (χ0n) is 12.6. The normalized spacial score (nSPS) is 21.3. The van der Waals surface area contributed by atoms with E-state index in [1.165, 1.54) is 11.5 Å². The van der Waals surface area contributed by atoms with E-state index in [0.717, 1.165) is 36.9 Å². The van der Waals surface area contributed by atoms with Gasteiger partial charge in [0.15, 0.2) is 5.82 Å². The van der Waals surface area contributed by atoms with Crippen LogP contribution in [0.5, 0.6) is 0 Å². The molecule has 0 spiro atoms. The zero-order chi connectivity index (χ0) is 14.4. The van der Waals surface area contributed by atoms with Crippen LogP contribution in [0.1, 0.15) is 44.2 Å². The van der Waals surface area contributed by atoms with Crippen LogP contribution in [0.3, 0.4) is 0 Å². The van der Waals surface area contributed by atoms with E-state index < -0.39 is 0 Å². The van der Waals surface area contributed by atoms with Gasteiger partial charge in [-0.1, -0.05) is 25.9 Å². The van der Waals surface area contributed by atoms with Crippen LogP contribution in [0.2, 0.25) is 0 Å². The van der Waals surface area contributed by atoms with Crippen molar-refractivity contribution in [3.05, 3.63) is 11.7 Å². The molecular weight excluding hydrogens is 290 g/mol. The van der Waals surface area contributed by atoms with Crippen LogP contribution in [-0.4, -0.2) is 40.0 Å². The first-order valence-electron chi connectivity index (χ1n) is 7.46. The van der Waals surface area contributed by atoms with Crippen LogP contribution in [0.25, 0.3) is 0 Å². The summed E-state index contributed by atoms with van der Waals surface area (Å²) in [5.74, 6) is 5.75. The van der Waals surface area contributed by atoms with Crippen LogP contribution in [0.15, 0.2) is 4.52 Å². The van der Waals surface area contributed by atoms with Crippen molar-refractivity contribution in [3.8, 4) is 0 Å². The molecule has 1 fully saturated rings. The summed E-state index contributed by atoms with van der Waals surface area (Å²) < 4.78 is 5.45. The van der Waals surface area contributed by atoms with Crippen LogP contribution in [0.4, 0.5) is 0 Å². The lowest BCUT2D eigenvalue weighted by Crippen LogP contribution is -2.36. The van der Waals surface area contributed by atoms with Gasteiger partial charge in [0.05, 0.1) is 5.25 Å². The number of hydrogen-bond donors (Lipinski definition) is 1. The van der Waals surface area contributed by atoms with Gasteiger partial charge in [0.25, 0.3) is 0 Å². The van der Waals surface area contributed by atoms with Crippen LogP contribution in [-0.2, 0) is 6.42 Å². The summed E-state index contributed by atoms with van der Waals surface area (Å²) >= 11 is 3.93. The largest absolute Gasteiger partial charge is 0.339 e. The second-order valence-corrected chi connectivity index (χ2v) is 7.95. The molecule has 1 saturated heterocycles. The molecule has 114 valence electrons. The van der Waals surface area contributed by atoms with Crippen molar-refractivity contribution in [1.29, 1.82) is 0 Å². The second kappa shape index (κ2) is 8.29. The Labute approximate surface area is 130 Å². The van der Waals surface area contributed by atoms with Crippen LogP contribution >= 0.6 is 23.5 Å². The van der Waals surface area contributed by atoms with Crippen molar-refractivity contribution in [2.45, 2.75) is 44.9 Å². The maximum absolute atomic E-state index is 5.45. The van der Waals surface area contributed by atoms with E-state index in [-0.39, 0.29) is 0 Å². The fourth-order valence-corrected chi connectivity index (χ4v) is 4.77. The Hall–Kier alpha value is -0.200. The van der Waals surface area contributed by atoms with Gasteiger partial charge < -0.3 is 9.84 Å². The molecule has 0 aliphatic carbocycles. The van der Waals surface area contributed by atoms with Gasteiger partial charge in [-0.2, -0.15) is 16.7 Å². The standard InChI is InChI=1S/C14H25N3OS2/c1-4-5-15-11(10(2)3)8-13-16-14(17-18-13)12-9-19-6-7-20-12/h10-12,15H,4-9H2,1-3H3. The van der Waals surface area contributed by atoms with Crippen molar-refractivity contribution in [1.82, 2.24) is 15.5 Å². The molecule has 1 aliphatic heterocycles. The smallest absolute Gasteiger partial charge is 0.228 e. The van der Waals surface area contributed by atoms with Gasteiger partial charge in [0.2, 0.25) is 5.89 Å². The van der Waals surface area contributed by atoms with E-state index in [4.69, 9.17) is 4.52 Å². The minimum Gasteiger partial charge on any atom is -0.339 e. The highest BCUT2D eigenvalue weighted by atomic mass is 32.2. The third-order valence-electron chi connectivity index (χ3n) is 3.44. The quantitative estimate of drug-likeness (QED) is 0.834. The molecule has 4 nitrogen and oxygen atoms in total. The highest BCUT2D eigenvalue weighted by Crippen LogP contribution is 2.35. The lowest BCUT2D eigenvalue weighted by atomic mass is 10.0. The molecule has 0 radical (unpaired) electrons. The average Bonchev–Trinajstić information content (AvgIpc) is 2.92. The summed E-state index contributed by atoms with van der Waals surface area (Å²) in [5, 5.41) is 8.16. The minimum atomic E-state index is 0.410. The van der Waals surface area contributed by atoms with Gasteiger partial charge >= 0.3 is 0 Å². The number of nitrogens with zero attached hydrogens (tertiary/aromatic N) is 2. The predicted molar refractivity (Wildman–Crippen MR) is 87.4 cm³/mol. The molecule has 2 rings (SSSR count). The molecule has 2 atom stereocenters. The summed E-state index contributed by atoms with van der Waals surface area (Å²) in [6.45, 7) is 7.70. The summed E-state index contributed by atoms with van der Waals surface area (Å²) in [6.07, 6.45) is 1.98. The summed E-state index contributed by atoms with van der Waals surface area (Å²) in [4.78, 5) is 4.61. The topological polar surface area (TPSA) is 51.0 Å². The molecular formula is C14H25N3OS2. The van der Waals surface area contributed by atoms with Gasteiger partial charge in [-0.3, -0.25) is 0 Å². The number of aromatic nitrogens is 2. The lowest BCUT2D eigenvalue weighted by molar-refractivity contribution is 0.324. The van der Waals surface area contributed by atoms with Gasteiger partial charge in [0.1, 0.15) is 0 Å². The molecule has 1 aromatic heterocycles. The van der Waals surface area contributed by atoms with Crippen LogP contribution in [0, 0.1) is 5.92 Å². The van der Waals surface area contributed by atoms with E-state index in [0.29, 0.717) is 17.2 Å². The number of rotatable bonds is 7. The zero-order valence-corrected chi connectivity index (χ0v) is 14.2. The Kier molecular flexibility index (Phi) is 6.71. The van der Waals surface area contributed by atoms with E-state index in [2.05, 4.69) is 36.2 Å². The Balaban J connectivity index is 1.93. The third kappa shape index (κ3) is 4.67. The van der Waals surface area contributed by atoms with Gasteiger partial charge in [-0.05, 0) is 18.9 Å². The maximum Gasteiger partial charge on any atom is 0.228 e. The molecule has 20 heavy (non-hydrogen) atoms. The average molecular weight is 316 g/mol. The van der Waals surface area contributed by atoms with E-state index in [1.54, 1.807) is 0 Å². The highest BCUT2D eigenvalue weighted by Gasteiger charge is 2.23. The van der Waals surface area contributed by atoms with Gasteiger partial charge in [-0.25, -0.2) is 0 Å². The van der Waals surface area contributed by atoms with E-state index in [9.17, 15) is 0 Å². The Morgan fingerprint density at radius 1 is 1.40 bits per heavy atom. The molecule has 1 aliphatic rings. The van der Waals surface area contributed by atoms with Crippen molar-refractivity contribution in [2.24, 2.45) is 5.92 Å². The third-order valence-corrected chi connectivity index (χ3v) is 6.19. The number of thioether (sulfide) groups is 2. The highest BCUT2D eigenvalue weighted by molar-refractivity contribution is 8.06. The predicted octanol–water partition coefficient (Wildman–Crippen LogP) is 3.16. The molecule has 0 amide bonds. The molecule has 0 bridgehead atoms. The molecule has 1 N–H and O–H groups in total. The van der Waals surface area contributed by atoms with Crippen LogP contribution < -0.4 is 5.32 Å². The summed E-state index contributed by atoms with van der Waals surface area (Å²) in [7, 11) is 0. The monoisotopic (exact) mass is 315 g/mol. The number of nitrogens with one attached hydrogen (secondary N) is 1. The molecule has 2 heterocycles. The SMILES string of the molecule is CCCNC(Cc1nc(C2CSCCS2)no1)C(C)C. The van der Waals surface area contributed by atoms with Crippen molar-refractivity contribution >= 4 is 23.5 Å². The molecule has 1 aromatic rings. The van der Waals surface area contributed by atoms with Crippen molar-refractivity contribution in [3.63, 3.8) is 0 Å². The minimum absolute atomic E-state index is 0.410. The first kappa shape index (κ1) is 16.2. The molecule has 6 heteroatoms. The Morgan fingerprint density at radius 2 is 2.25 bits per heavy atom. The van der Waals surface area contributed by atoms with Crippen molar-refractivity contribution < 1.29 is 4.52 Å². The fourth-order valence-electron chi connectivity index (χ4n) is 2.18. The molecule has 0 saturated carbocycles. The summed E-state index contributed by atoms with van der Waals surface area (Å²) in [6, 6.07) is 0.414. The Bertz CT molecular complexity index is 392. The Morgan fingerprint density at radius 3 is 2.90 bits per heavy atom.